The molecule has 1 aromatic carbocycles. The van der Waals surface area contributed by atoms with Crippen LogP contribution in [0.5, 0.6) is 0 Å². The molecule has 2 heterocycles. The van der Waals surface area contributed by atoms with Gasteiger partial charge >= 0.3 is 6.03 Å². The van der Waals surface area contributed by atoms with E-state index in [9.17, 15) is 9.59 Å². The smallest absolute Gasteiger partial charge is 0.329 e. The third-order valence-electron chi connectivity index (χ3n) is 3.67. The van der Waals surface area contributed by atoms with E-state index in [1.54, 1.807) is 31.2 Å². The summed E-state index contributed by atoms with van der Waals surface area (Å²) >= 11 is 11.8. The van der Waals surface area contributed by atoms with Gasteiger partial charge in [0.1, 0.15) is 17.2 Å². The van der Waals surface area contributed by atoms with Crippen molar-refractivity contribution in [2.24, 2.45) is 0 Å². The molecule has 3 amide bonds. The van der Waals surface area contributed by atoms with Crippen molar-refractivity contribution < 1.29 is 14.0 Å². The Morgan fingerprint density at radius 3 is 2.54 bits per heavy atom. The highest BCUT2D eigenvalue weighted by Crippen LogP contribution is 2.25. The fourth-order valence-corrected chi connectivity index (χ4v) is 2.81. The molecule has 1 N–H and O–H groups in total. The molecule has 0 aliphatic carbocycles. The fourth-order valence-electron chi connectivity index (χ4n) is 2.49. The van der Waals surface area contributed by atoms with Crippen molar-refractivity contribution in [1.82, 2.24) is 10.2 Å². The van der Waals surface area contributed by atoms with Gasteiger partial charge in [0, 0.05) is 5.56 Å². The third-order valence-corrected chi connectivity index (χ3v) is 4.41. The third kappa shape index (κ3) is 3.18. The van der Waals surface area contributed by atoms with E-state index in [1.165, 1.54) is 0 Å². The normalized spacial score (nSPS) is 16.2. The lowest BCUT2D eigenvalue weighted by atomic mass is 10.2. The van der Waals surface area contributed by atoms with Gasteiger partial charge in [-0.3, -0.25) is 9.69 Å². The molecule has 0 saturated carbocycles. The Bertz CT molecular complexity index is 871. The number of furan rings is 1. The number of benzene rings is 1. The summed E-state index contributed by atoms with van der Waals surface area (Å²) in [5.74, 6) is 1.03. The van der Waals surface area contributed by atoms with Gasteiger partial charge < -0.3 is 9.73 Å². The Kier molecular flexibility index (Phi) is 4.39. The van der Waals surface area contributed by atoms with Crippen LogP contribution in [0, 0.1) is 13.8 Å². The van der Waals surface area contributed by atoms with Crippen LogP contribution in [0.15, 0.2) is 34.4 Å². The van der Waals surface area contributed by atoms with Gasteiger partial charge in [-0.2, -0.15) is 0 Å². The number of nitrogens with one attached hydrogen (secondary N) is 1. The largest absolute Gasteiger partial charge is 0.466 e. The first-order valence-electron chi connectivity index (χ1n) is 7.20. The molecule has 5 nitrogen and oxygen atoms in total. The maximum absolute atomic E-state index is 12.5. The average molecular weight is 365 g/mol. The molecule has 0 atom stereocenters. The van der Waals surface area contributed by atoms with Crippen molar-refractivity contribution >= 4 is 41.2 Å². The van der Waals surface area contributed by atoms with E-state index < -0.39 is 11.9 Å². The van der Waals surface area contributed by atoms with Gasteiger partial charge in [0.05, 0.1) is 16.6 Å². The quantitative estimate of drug-likeness (QED) is 0.652. The van der Waals surface area contributed by atoms with Crippen LogP contribution in [0.2, 0.25) is 10.0 Å². The summed E-state index contributed by atoms with van der Waals surface area (Å²) in [6.45, 7) is 3.73. The van der Waals surface area contributed by atoms with E-state index in [0.29, 0.717) is 21.4 Å². The van der Waals surface area contributed by atoms with Crippen molar-refractivity contribution in [2.75, 3.05) is 0 Å². The summed E-state index contributed by atoms with van der Waals surface area (Å²) in [7, 11) is 0. The molecule has 0 unspecified atom stereocenters. The maximum Gasteiger partial charge on any atom is 0.329 e. The second-order valence-electron chi connectivity index (χ2n) is 5.50. The highest BCUT2D eigenvalue weighted by atomic mass is 35.5. The molecule has 2 aromatic rings. The second kappa shape index (κ2) is 6.34. The number of imide groups is 1. The molecule has 1 aliphatic heterocycles. The molecule has 1 aliphatic rings. The van der Waals surface area contributed by atoms with Crippen LogP contribution in [0.3, 0.4) is 0 Å². The van der Waals surface area contributed by atoms with E-state index in [-0.39, 0.29) is 12.2 Å². The van der Waals surface area contributed by atoms with Gasteiger partial charge in [-0.15, -0.1) is 0 Å². The summed E-state index contributed by atoms with van der Waals surface area (Å²) in [5.41, 5.74) is 1.68. The van der Waals surface area contributed by atoms with Gasteiger partial charge in [0.2, 0.25) is 0 Å². The van der Waals surface area contributed by atoms with Crippen LogP contribution in [0.4, 0.5) is 4.79 Å². The monoisotopic (exact) mass is 364 g/mol. The lowest BCUT2D eigenvalue weighted by Gasteiger charge is -2.12. The Hall–Kier alpha value is -2.24. The molecule has 1 fully saturated rings. The predicted molar refractivity (Wildman–Crippen MR) is 91.7 cm³/mol. The van der Waals surface area contributed by atoms with Crippen LogP contribution in [0.1, 0.15) is 22.6 Å². The van der Waals surface area contributed by atoms with Crippen LogP contribution < -0.4 is 5.32 Å². The highest BCUT2D eigenvalue weighted by Gasteiger charge is 2.33. The molecule has 0 bridgehead atoms. The molecule has 124 valence electrons. The zero-order chi connectivity index (χ0) is 17.4. The number of carbonyl (C=O) groups excluding carboxylic acids is 2. The van der Waals surface area contributed by atoms with Crippen molar-refractivity contribution in [2.45, 2.75) is 20.4 Å². The number of amides is 3. The first-order chi connectivity index (χ1) is 11.3. The van der Waals surface area contributed by atoms with Crippen molar-refractivity contribution in [1.29, 1.82) is 0 Å². The molecule has 3 rings (SSSR count). The van der Waals surface area contributed by atoms with E-state index in [4.69, 9.17) is 27.6 Å². The minimum absolute atomic E-state index is 0.113. The number of hydrogen-bond donors (Lipinski definition) is 1. The molecule has 1 aromatic heterocycles. The lowest BCUT2D eigenvalue weighted by Crippen LogP contribution is -2.30. The average Bonchev–Trinajstić information content (AvgIpc) is 2.96. The number of carbonyl (C=O) groups is 2. The van der Waals surface area contributed by atoms with Gasteiger partial charge in [-0.1, -0.05) is 29.3 Å². The minimum Gasteiger partial charge on any atom is -0.466 e. The van der Waals surface area contributed by atoms with Crippen LogP contribution >= 0.6 is 23.2 Å². The zero-order valence-electron chi connectivity index (χ0n) is 13.0. The van der Waals surface area contributed by atoms with E-state index in [2.05, 4.69) is 5.32 Å². The number of urea groups is 1. The summed E-state index contributed by atoms with van der Waals surface area (Å²) in [6.07, 6.45) is 1.61. The van der Waals surface area contributed by atoms with Gasteiger partial charge in [-0.25, -0.2) is 4.79 Å². The predicted octanol–water partition coefficient (Wildman–Crippen LogP) is 4.30. The van der Waals surface area contributed by atoms with E-state index in [0.717, 1.165) is 16.2 Å². The number of rotatable bonds is 3. The molecule has 1 saturated heterocycles. The van der Waals surface area contributed by atoms with Crippen molar-refractivity contribution in [3.63, 3.8) is 0 Å². The molecular weight excluding hydrogens is 351 g/mol. The molecule has 7 heteroatoms. The number of nitrogens with zero attached hydrogens (tertiary/aromatic N) is 1. The summed E-state index contributed by atoms with van der Waals surface area (Å²) in [6, 6.07) is 6.32. The lowest BCUT2D eigenvalue weighted by molar-refractivity contribution is -0.123. The highest BCUT2D eigenvalue weighted by molar-refractivity contribution is 6.42. The topological polar surface area (TPSA) is 62.6 Å². The first-order valence-corrected chi connectivity index (χ1v) is 7.96. The Balaban J connectivity index is 1.83. The van der Waals surface area contributed by atoms with Gasteiger partial charge in [0.25, 0.3) is 5.91 Å². The standard InChI is InChI=1S/C17H14Cl2N2O3/c1-9-5-12(10(2)24-9)7-15-16(22)21(17(23)20-15)8-11-3-4-13(18)14(19)6-11/h3-7H,8H2,1-2H3,(H,20,23)/b15-7-. The van der Waals surface area contributed by atoms with Gasteiger partial charge in [0.15, 0.2) is 0 Å². The van der Waals surface area contributed by atoms with E-state index >= 15 is 0 Å². The molecule has 0 spiro atoms. The Morgan fingerprint density at radius 2 is 1.92 bits per heavy atom. The summed E-state index contributed by atoms with van der Waals surface area (Å²) in [5, 5.41) is 3.38. The Labute approximate surface area is 148 Å². The number of aryl methyl sites for hydroxylation is 2. The van der Waals surface area contributed by atoms with Crippen LogP contribution in [0.25, 0.3) is 6.08 Å². The molecule has 0 radical (unpaired) electrons. The fraction of sp³-hybridized carbons (Fsp3) is 0.176. The SMILES string of the molecule is Cc1cc(/C=C2\NC(=O)N(Cc3ccc(Cl)c(Cl)c3)C2=O)c(C)o1. The summed E-state index contributed by atoms with van der Waals surface area (Å²) < 4.78 is 5.42. The summed E-state index contributed by atoms with van der Waals surface area (Å²) in [4.78, 5) is 25.7. The maximum atomic E-state index is 12.5. The van der Waals surface area contributed by atoms with Gasteiger partial charge in [-0.05, 0) is 43.7 Å². The number of hydrogen-bond acceptors (Lipinski definition) is 3. The second-order valence-corrected chi connectivity index (χ2v) is 6.31. The van der Waals surface area contributed by atoms with Crippen molar-refractivity contribution in [3.8, 4) is 0 Å². The first kappa shape index (κ1) is 16.6. The van der Waals surface area contributed by atoms with Crippen LogP contribution in [-0.2, 0) is 11.3 Å². The zero-order valence-corrected chi connectivity index (χ0v) is 14.5. The minimum atomic E-state index is -0.477. The van der Waals surface area contributed by atoms with Crippen LogP contribution in [-0.4, -0.2) is 16.8 Å². The number of halogens is 2. The molecule has 24 heavy (non-hydrogen) atoms. The molecular formula is C17H14Cl2N2O3. The Morgan fingerprint density at radius 1 is 1.17 bits per heavy atom. The van der Waals surface area contributed by atoms with Crippen molar-refractivity contribution in [3.05, 3.63) is 62.7 Å². The van der Waals surface area contributed by atoms with E-state index in [1.807, 2.05) is 13.0 Å².